The van der Waals surface area contributed by atoms with E-state index in [1.54, 1.807) is 18.2 Å². The van der Waals surface area contributed by atoms with Gasteiger partial charge in [0.15, 0.2) is 6.23 Å². The van der Waals surface area contributed by atoms with Gasteiger partial charge in [-0.3, -0.25) is 9.39 Å². The molecule has 0 radical (unpaired) electrons. The predicted octanol–water partition coefficient (Wildman–Crippen LogP) is 0.949. The second kappa shape index (κ2) is 2.91. The van der Waals surface area contributed by atoms with Crippen LogP contribution in [0.2, 0.25) is 0 Å². The van der Waals surface area contributed by atoms with Crippen LogP contribution in [-0.2, 0) is 4.18 Å². The lowest BCUT2D eigenvalue weighted by atomic mass is 10.4. The highest BCUT2D eigenvalue weighted by molar-refractivity contribution is 7.75. The molecule has 1 rings (SSSR count). The van der Waals surface area contributed by atoms with E-state index in [1.165, 1.54) is 6.20 Å². The minimum Gasteiger partial charge on any atom is -0.287 e. The quantitative estimate of drug-likeness (QED) is 0.425. The highest BCUT2D eigenvalue weighted by Gasteiger charge is 2.09. The second-order valence-electron chi connectivity index (χ2n) is 1.60. The molecule has 0 aromatic heterocycles. The van der Waals surface area contributed by atoms with E-state index in [1.807, 2.05) is 0 Å². The van der Waals surface area contributed by atoms with E-state index < -0.39 is 6.23 Å². The van der Waals surface area contributed by atoms with E-state index in [4.69, 9.17) is 5.21 Å². The normalized spacial score (nSPS) is 25.1. The highest BCUT2D eigenvalue weighted by Crippen LogP contribution is 2.07. The standard InChI is InChI=1S/C5H7NO2S/c7-6-4-2-1-3-5(6)8-9/h1-5,7,9H. The second-order valence-corrected chi connectivity index (χ2v) is 1.81. The Morgan fingerprint density at radius 3 is 2.78 bits per heavy atom. The first-order valence-corrected chi connectivity index (χ1v) is 2.83. The zero-order valence-corrected chi connectivity index (χ0v) is 5.53. The van der Waals surface area contributed by atoms with Crippen LogP contribution in [-0.4, -0.2) is 16.5 Å². The van der Waals surface area contributed by atoms with Crippen LogP contribution >= 0.6 is 12.9 Å². The number of nitrogens with zero attached hydrogens (tertiary/aromatic N) is 1. The van der Waals surface area contributed by atoms with Crippen molar-refractivity contribution in [1.82, 2.24) is 5.06 Å². The van der Waals surface area contributed by atoms with E-state index in [-0.39, 0.29) is 0 Å². The summed E-state index contributed by atoms with van der Waals surface area (Å²) in [6, 6.07) is 0. The van der Waals surface area contributed by atoms with Gasteiger partial charge < -0.3 is 0 Å². The molecule has 1 heterocycles. The molecule has 1 aliphatic heterocycles. The van der Waals surface area contributed by atoms with Gasteiger partial charge in [-0.25, -0.2) is 5.06 Å². The van der Waals surface area contributed by atoms with Crippen LogP contribution in [0.5, 0.6) is 0 Å². The molecule has 1 aliphatic rings. The Morgan fingerprint density at radius 1 is 1.56 bits per heavy atom. The third-order valence-electron chi connectivity index (χ3n) is 0.994. The van der Waals surface area contributed by atoms with Crippen molar-refractivity contribution < 1.29 is 9.39 Å². The summed E-state index contributed by atoms with van der Waals surface area (Å²) in [5.74, 6) is 0. The van der Waals surface area contributed by atoms with Crippen molar-refractivity contribution in [2.75, 3.05) is 0 Å². The molecule has 0 aliphatic carbocycles. The number of hydroxylamine groups is 2. The summed E-state index contributed by atoms with van der Waals surface area (Å²) in [5, 5.41) is 9.81. The Kier molecular flexibility index (Phi) is 2.16. The Hall–Kier alpha value is -0.450. The maximum Gasteiger partial charge on any atom is 0.185 e. The van der Waals surface area contributed by atoms with Gasteiger partial charge in [-0.15, -0.1) is 0 Å². The Labute approximate surface area is 58.8 Å². The van der Waals surface area contributed by atoms with Crippen LogP contribution in [0.1, 0.15) is 0 Å². The lowest BCUT2D eigenvalue weighted by Crippen LogP contribution is -2.27. The number of thiol groups is 1. The number of hydrogen-bond acceptors (Lipinski definition) is 4. The molecular weight excluding hydrogens is 138 g/mol. The molecule has 0 fully saturated rings. The molecule has 1 N–H and O–H groups in total. The SMILES string of the molecule is ON1C=CC=CC1OS. The molecule has 0 aromatic rings. The van der Waals surface area contributed by atoms with Crippen LogP contribution in [0.3, 0.4) is 0 Å². The van der Waals surface area contributed by atoms with Crippen molar-refractivity contribution in [2.45, 2.75) is 6.23 Å². The topological polar surface area (TPSA) is 32.7 Å². The van der Waals surface area contributed by atoms with E-state index >= 15 is 0 Å². The van der Waals surface area contributed by atoms with Crippen LogP contribution in [0.25, 0.3) is 0 Å². The Morgan fingerprint density at radius 2 is 2.33 bits per heavy atom. The fraction of sp³-hybridized carbons (Fsp3) is 0.200. The van der Waals surface area contributed by atoms with Crippen LogP contribution in [0.15, 0.2) is 24.4 Å². The molecule has 50 valence electrons. The van der Waals surface area contributed by atoms with Gasteiger partial charge in [0, 0.05) is 6.20 Å². The van der Waals surface area contributed by atoms with E-state index in [2.05, 4.69) is 17.1 Å². The van der Waals surface area contributed by atoms with E-state index in [0.717, 1.165) is 5.06 Å². The zero-order chi connectivity index (χ0) is 6.69. The van der Waals surface area contributed by atoms with E-state index in [9.17, 15) is 0 Å². The van der Waals surface area contributed by atoms with Gasteiger partial charge in [-0.1, -0.05) is 6.08 Å². The molecule has 1 atom stereocenters. The molecule has 0 aromatic carbocycles. The van der Waals surface area contributed by atoms with Crippen molar-refractivity contribution in [3.8, 4) is 0 Å². The molecule has 0 saturated heterocycles. The van der Waals surface area contributed by atoms with Gasteiger partial charge in [0.2, 0.25) is 0 Å². The first kappa shape index (κ1) is 6.67. The summed E-state index contributed by atoms with van der Waals surface area (Å²) in [7, 11) is 0. The first-order chi connectivity index (χ1) is 4.34. The summed E-state index contributed by atoms with van der Waals surface area (Å²) in [6.45, 7) is 0. The van der Waals surface area contributed by atoms with Gasteiger partial charge in [0.05, 0.1) is 0 Å². The highest BCUT2D eigenvalue weighted by atomic mass is 32.1. The third kappa shape index (κ3) is 1.48. The van der Waals surface area contributed by atoms with Crippen molar-refractivity contribution in [3.63, 3.8) is 0 Å². The number of allylic oxidation sites excluding steroid dienone is 2. The lowest BCUT2D eigenvalue weighted by Gasteiger charge is -2.20. The number of hydrogen-bond donors (Lipinski definition) is 2. The maximum atomic E-state index is 8.89. The van der Waals surface area contributed by atoms with Crippen molar-refractivity contribution in [2.24, 2.45) is 0 Å². The predicted molar refractivity (Wildman–Crippen MR) is 35.8 cm³/mol. The van der Waals surface area contributed by atoms with Crippen LogP contribution in [0, 0.1) is 0 Å². The summed E-state index contributed by atoms with van der Waals surface area (Å²) >= 11 is 3.54. The van der Waals surface area contributed by atoms with Crippen LogP contribution < -0.4 is 0 Å². The van der Waals surface area contributed by atoms with Gasteiger partial charge in [-0.05, 0) is 25.1 Å². The largest absolute Gasteiger partial charge is 0.287 e. The Bertz CT molecular complexity index is 146. The lowest BCUT2D eigenvalue weighted by molar-refractivity contribution is -0.121. The Balaban J connectivity index is 2.55. The fourth-order valence-electron chi connectivity index (χ4n) is 0.554. The van der Waals surface area contributed by atoms with Crippen LogP contribution in [0.4, 0.5) is 0 Å². The minimum absolute atomic E-state index is 0.460. The van der Waals surface area contributed by atoms with Gasteiger partial charge in [0.25, 0.3) is 0 Å². The molecule has 0 saturated carbocycles. The molecule has 1 unspecified atom stereocenters. The summed E-state index contributed by atoms with van der Waals surface area (Å²) in [4.78, 5) is 0. The van der Waals surface area contributed by atoms with Gasteiger partial charge in [0.1, 0.15) is 0 Å². The average molecular weight is 145 g/mol. The summed E-state index contributed by atoms with van der Waals surface area (Å²) < 4.78 is 4.54. The molecule has 9 heavy (non-hydrogen) atoms. The fourth-order valence-corrected chi connectivity index (χ4v) is 0.720. The monoisotopic (exact) mass is 145 g/mol. The van der Waals surface area contributed by atoms with Gasteiger partial charge in [-0.2, -0.15) is 0 Å². The molecule has 0 spiro atoms. The van der Waals surface area contributed by atoms with Gasteiger partial charge >= 0.3 is 0 Å². The molecule has 3 nitrogen and oxygen atoms in total. The van der Waals surface area contributed by atoms with Crippen molar-refractivity contribution in [1.29, 1.82) is 0 Å². The average Bonchev–Trinajstić information content (AvgIpc) is 1.89. The van der Waals surface area contributed by atoms with Crippen molar-refractivity contribution in [3.05, 3.63) is 24.4 Å². The molecule has 0 bridgehead atoms. The smallest absolute Gasteiger partial charge is 0.185 e. The molecular formula is C5H7NO2S. The molecule has 4 heteroatoms. The zero-order valence-electron chi connectivity index (χ0n) is 4.64. The van der Waals surface area contributed by atoms with E-state index in [0.29, 0.717) is 0 Å². The number of rotatable bonds is 1. The maximum absolute atomic E-state index is 8.89. The van der Waals surface area contributed by atoms with Crippen molar-refractivity contribution >= 4 is 12.9 Å². The third-order valence-corrected chi connectivity index (χ3v) is 1.21. The first-order valence-electron chi connectivity index (χ1n) is 2.47. The summed E-state index contributed by atoms with van der Waals surface area (Å²) in [6.07, 6.45) is 6.17. The molecule has 0 amide bonds. The minimum atomic E-state index is -0.460. The summed E-state index contributed by atoms with van der Waals surface area (Å²) in [5.41, 5.74) is 0.